The maximum atomic E-state index is 13.3. The second-order valence-corrected chi connectivity index (χ2v) is 9.96. The Morgan fingerprint density at radius 1 is 1.30 bits per heavy atom. The highest BCUT2D eigenvalue weighted by molar-refractivity contribution is 5.72. The van der Waals surface area contributed by atoms with Crippen molar-refractivity contribution in [1.82, 2.24) is 5.43 Å². The molecule has 1 aliphatic heterocycles. The summed E-state index contributed by atoms with van der Waals surface area (Å²) in [6.07, 6.45) is 5.13. The molecule has 2 aliphatic carbocycles. The zero-order valence-corrected chi connectivity index (χ0v) is 18.2. The highest BCUT2D eigenvalue weighted by Crippen LogP contribution is 2.56. The van der Waals surface area contributed by atoms with Crippen LogP contribution in [0.4, 0.5) is 10.1 Å². The summed E-state index contributed by atoms with van der Waals surface area (Å²) >= 11 is 0. The van der Waals surface area contributed by atoms with Crippen LogP contribution in [0.5, 0.6) is 0 Å². The average molecular weight is 415 g/mol. The summed E-state index contributed by atoms with van der Waals surface area (Å²) in [6.45, 7) is 8.26. The first-order valence-corrected chi connectivity index (χ1v) is 10.7. The smallest absolute Gasteiger partial charge is 0.309 e. The van der Waals surface area contributed by atoms with Gasteiger partial charge in [-0.2, -0.15) is 0 Å². The molecule has 1 aromatic rings. The van der Waals surface area contributed by atoms with Crippen molar-refractivity contribution in [1.29, 1.82) is 0 Å². The third kappa shape index (κ3) is 3.67. The van der Waals surface area contributed by atoms with E-state index in [1.165, 1.54) is 17.7 Å². The van der Waals surface area contributed by atoms with Crippen molar-refractivity contribution in [3.63, 3.8) is 0 Å². The van der Waals surface area contributed by atoms with Gasteiger partial charge in [0.2, 0.25) is 0 Å². The Kier molecular flexibility index (Phi) is 5.06. The molecule has 0 saturated heterocycles. The number of carbonyl (C=O) groups excluding carboxylic acids is 1. The fourth-order valence-corrected chi connectivity index (χ4v) is 5.07. The molecule has 0 bridgehead atoms. The molecule has 2 N–H and O–H groups in total. The van der Waals surface area contributed by atoms with Crippen LogP contribution in [-0.4, -0.2) is 28.8 Å². The van der Waals surface area contributed by atoms with E-state index in [9.17, 15) is 14.3 Å². The normalized spacial score (nSPS) is 28.7. The maximum absolute atomic E-state index is 13.3. The van der Waals surface area contributed by atoms with E-state index in [4.69, 9.17) is 4.74 Å². The molecule has 162 valence electrons. The lowest BCUT2D eigenvalue weighted by Crippen LogP contribution is -2.53. The van der Waals surface area contributed by atoms with Gasteiger partial charge in [0.05, 0.1) is 23.4 Å². The second-order valence-electron chi connectivity index (χ2n) is 9.96. The molecular weight excluding hydrogens is 383 g/mol. The molecule has 1 heterocycles. The Morgan fingerprint density at radius 3 is 2.67 bits per heavy atom. The van der Waals surface area contributed by atoms with Crippen LogP contribution in [0, 0.1) is 11.2 Å². The lowest BCUT2D eigenvalue weighted by atomic mass is 9.56. The van der Waals surface area contributed by atoms with E-state index in [1.54, 1.807) is 12.1 Å². The fraction of sp³-hybridized carbons (Fsp3) is 0.542. The zero-order chi connectivity index (χ0) is 21.7. The molecule has 1 aromatic carbocycles. The Balaban J connectivity index is 1.61. The summed E-state index contributed by atoms with van der Waals surface area (Å²) in [5, 5.41) is 13.7. The molecule has 1 saturated carbocycles. The molecule has 3 aliphatic rings. The fourth-order valence-electron chi connectivity index (χ4n) is 5.07. The third-order valence-corrected chi connectivity index (χ3v) is 6.65. The van der Waals surface area contributed by atoms with E-state index < -0.39 is 16.6 Å². The third-order valence-electron chi connectivity index (χ3n) is 6.65. The molecule has 0 radical (unpaired) electrons. The zero-order valence-electron chi connectivity index (χ0n) is 18.2. The number of aliphatic hydroxyl groups is 1. The van der Waals surface area contributed by atoms with Gasteiger partial charge in [0.15, 0.2) is 0 Å². The summed E-state index contributed by atoms with van der Waals surface area (Å²) in [7, 11) is 0. The minimum Gasteiger partial charge on any atom is -0.460 e. The van der Waals surface area contributed by atoms with E-state index >= 15 is 0 Å². The first-order chi connectivity index (χ1) is 14.0. The van der Waals surface area contributed by atoms with Gasteiger partial charge in [0, 0.05) is 12.0 Å². The van der Waals surface area contributed by atoms with Crippen molar-refractivity contribution in [2.45, 2.75) is 71.0 Å². The topological polar surface area (TPSA) is 61.8 Å². The molecule has 6 heteroatoms. The Morgan fingerprint density at radius 2 is 2.00 bits per heavy atom. The van der Waals surface area contributed by atoms with Crippen LogP contribution < -0.4 is 10.4 Å². The number of benzene rings is 1. The van der Waals surface area contributed by atoms with Gasteiger partial charge < -0.3 is 9.84 Å². The number of hydrogen-bond acceptors (Lipinski definition) is 5. The predicted octanol–water partition coefficient (Wildman–Crippen LogP) is 4.39. The van der Waals surface area contributed by atoms with Crippen LogP contribution in [0.2, 0.25) is 0 Å². The largest absolute Gasteiger partial charge is 0.460 e. The number of carbonyl (C=O) groups is 1. The van der Waals surface area contributed by atoms with E-state index in [2.05, 4.69) is 18.4 Å². The number of nitrogens with one attached hydrogen (secondary N) is 1. The molecule has 30 heavy (non-hydrogen) atoms. The van der Waals surface area contributed by atoms with Crippen molar-refractivity contribution in [2.24, 2.45) is 5.41 Å². The van der Waals surface area contributed by atoms with Crippen molar-refractivity contribution in [3.8, 4) is 0 Å². The number of nitrogens with zero attached hydrogens (tertiary/aromatic N) is 1. The number of halogens is 1. The number of esters is 1. The Hall–Kier alpha value is -2.18. The van der Waals surface area contributed by atoms with Crippen molar-refractivity contribution < 1.29 is 19.0 Å². The van der Waals surface area contributed by atoms with Crippen LogP contribution in [-0.2, 0) is 9.53 Å². The summed E-state index contributed by atoms with van der Waals surface area (Å²) in [5.41, 5.74) is 5.45. The number of hydrogen-bond donors (Lipinski definition) is 2. The van der Waals surface area contributed by atoms with Gasteiger partial charge in [-0.1, -0.05) is 12.5 Å². The van der Waals surface area contributed by atoms with Crippen LogP contribution in [0.1, 0.15) is 59.8 Å². The van der Waals surface area contributed by atoms with Crippen LogP contribution in [0.15, 0.2) is 47.2 Å². The van der Waals surface area contributed by atoms with Gasteiger partial charge >= 0.3 is 5.97 Å². The standard InChI is InChI=1S/C24H31FN2O3/c1-22(2,3)30-21(28)14-24(29)11-5-6-17-12-20-16(13-23(17,24)4)15-26-27(20)19-9-7-18(25)8-10-19/h7-10,12,26,29H,5-6,11,13-15H2,1-4H3/t23-,24+/m0/s1. The first kappa shape index (κ1) is 21.1. The van der Waals surface area contributed by atoms with E-state index in [0.29, 0.717) is 19.4 Å². The number of ether oxygens (including phenoxy) is 1. The molecular formula is C24H31FN2O3. The van der Waals surface area contributed by atoms with Gasteiger partial charge in [-0.25, -0.2) is 9.82 Å². The molecule has 0 spiro atoms. The van der Waals surface area contributed by atoms with E-state index in [0.717, 1.165) is 29.8 Å². The van der Waals surface area contributed by atoms with Gasteiger partial charge in [0.25, 0.3) is 0 Å². The lowest BCUT2D eigenvalue weighted by Gasteiger charge is -2.52. The Labute approximate surface area is 177 Å². The Bertz CT molecular complexity index is 915. The van der Waals surface area contributed by atoms with Crippen molar-refractivity contribution in [2.75, 3.05) is 11.6 Å². The van der Waals surface area contributed by atoms with Gasteiger partial charge in [0.1, 0.15) is 11.4 Å². The predicted molar refractivity (Wildman–Crippen MR) is 114 cm³/mol. The number of rotatable bonds is 3. The number of hydrazine groups is 1. The lowest BCUT2D eigenvalue weighted by molar-refractivity contribution is -0.167. The first-order valence-electron chi connectivity index (χ1n) is 10.7. The molecule has 5 nitrogen and oxygen atoms in total. The summed E-state index contributed by atoms with van der Waals surface area (Å²) in [6, 6.07) is 6.42. The molecule has 4 rings (SSSR count). The monoisotopic (exact) mass is 414 g/mol. The van der Waals surface area contributed by atoms with Crippen LogP contribution >= 0.6 is 0 Å². The van der Waals surface area contributed by atoms with Crippen LogP contribution in [0.3, 0.4) is 0 Å². The molecule has 0 aromatic heterocycles. The molecule has 1 fully saturated rings. The number of allylic oxidation sites excluding steroid dienone is 1. The van der Waals surface area contributed by atoms with Crippen LogP contribution in [0.25, 0.3) is 0 Å². The molecule has 0 unspecified atom stereocenters. The molecule has 2 atom stereocenters. The summed E-state index contributed by atoms with van der Waals surface area (Å²) in [5.74, 6) is -0.619. The minimum absolute atomic E-state index is 0.00414. The van der Waals surface area contributed by atoms with E-state index in [1.807, 2.05) is 25.8 Å². The van der Waals surface area contributed by atoms with Crippen molar-refractivity contribution in [3.05, 3.63) is 53.0 Å². The summed E-state index contributed by atoms with van der Waals surface area (Å²) < 4.78 is 18.9. The maximum Gasteiger partial charge on any atom is 0.309 e. The van der Waals surface area contributed by atoms with Crippen molar-refractivity contribution >= 4 is 11.7 Å². The van der Waals surface area contributed by atoms with E-state index in [-0.39, 0.29) is 18.2 Å². The second kappa shape index (κ2) is 7.20. The average Bonchev–Trinajstić information content (AvgIpc) is 3.02. The SMILES string of the molecule is CC(C)(C)OC(=O)C[C@]1(O)CCCC2=CC3=C(CNN3c3ccc(F)cc3)C[C@@]21C. The highest BCUT2D eigenvalue weighted by Gasteiger charge is 2.54. The molecule has 0 amide bonds. The quantitative estimate of drug-likeness (QED) is 0.719. The van der Waals surface area contributed by atoms with Gasteiger partial charge in [-0.15, -0.1) is 0 Å². The summed E-state index contributed by atoms with van der Waals surface area (Å²) in [4.78, 5) is 12.6. The van der Waals surface area contributed by atoms with Gasteiger partial charge in [-0.3, -0.25) is 9.80 Å². The number of fused-ring (bicyclic) bond motifs is 1. The minimum atomic E-state index is -1.14. The number of anilines is 1. The van der Waals surface area contributed by atoms with Gasteiger partial charge in [-0.05, 0) is 82.4 Å². The highest BCUT2D eigenvalue weighted by atomic mass is 19.1.